The largest absolute Gasteiger partial charge is 0.349 e. The molecule has 2 aromatic heterocycles. The van der Waals surface area contributed by atoms with Gasteiger partial charge < -0.3 is 5.32 Å². The molecule has 1 aliphatic carbocycles. The lowest BCUT2D eigenvalue weighted by Crippen LogP contribution is -2.35. The molecule has 0 unspecified atom stereocenters. The number of aromatic nitrogens is 3. The van der Waals surface area contributed by atoms with Crippen molar-refractivity contribution in [3.8, 4) is 5.82 Å². The van der Waals surface area contributed by atoms with E-state index in [0.29, 0.717) is 5.56 Å². The summed E-state index contributed by atoms with van der Waals surface area (Å²) in [5, 5.41) is 3.17. The number of imidazole rings is 1. The molecule has 5 heteroatoms. The topological polar surface area (TPSA) is 59.8 Å². The maximum atomic E-state index is 12.8. The quantitative estimate of drug-likeness (QED) is 0.614. The van der Waals surface area contributed by atoms with Gasteiger partial charge in [0.2, 0.25) is 0 Å². The number of fused-ring (bicyclic) bond motifs is 2. The lowest BCUT2D eigenvalue weighted by Gasteiger charge is -2.12. The lowest BCUT2D eigenvalue weighted by molar-refractivity contribution is 0.0938. The van der Waals surface area contributed by atoms with Crippen molar-refractivity contribution >= 4 is 16.9 Å². The van der Waals surface area contributed by atoms with Crippen molar-refractivity contribution in [2.24, 2.45) is 0 Å². The van der Waals surface area contributed by atoms with Crippen LogP contribution in [-0.4, -0.2) is 26.5 Å². The molecule has 4 aromatic rings. The molecule has 2 heterocycles. The van der Waals surface area contributed by atoms with E-state index in [2.05, 4.69) is 39.6 Å². The summed E-state index contributed by atoms with van der Waals surface area (Å²) in [6.45, 7) is 0. The third kappa shape index (κ3) is 2.87. The average Bonchev–Trinajstić information content (AvgIpc) is 3.31. The minimum absolute atomic E-state index is 0.0523. The maximum absolute atomic E-state index is 12.8. The standard InChI is InChI=1S/C22H18N4O/c27-22(25-18-11-15-5-1-2-6-16(15)12-18)17-8-9-19-20(13-17)26(14-24-19)21-7-3-4-10-23-21/h1-10,13-14,18H,11-12H2,(H,25,27). The van der Waals surface area contributed by atoms with Crippen molar-refractivity contribution in [3.63, 3.8) is 0 Å². The number of amides is 1. The minimum atomic E-state index is -0.0523. The second-order valence-electron chi connectivity index (χ2n) is 6.85. The number of nitrogens with zero attached hydrogens (tertiary/aromatic N) is 3. The number of hydrogen-bond acceptors (Lipinski definition) is 3. The molecule has 27 heavy (non-hydrogen) atoms. The van der Waals surface area contributed by atoms with Gasteiger partial charge in [-0.25, -0.2) is 9.97 Å². The normalized spacial score (nSPS) is 13.6. The predicted octanol–water partition coefficient (Wildman–Crippen LogP) is 3.32. The van der Waals surface area contributed by atoms with E-state index < -0.39 is 0 Å². The molecule has 0 bridgehead atoms. The molecule has 0 radical (unpaired) electrons. The van der Waals surface area contributed by atoms with E-state index in [1.54, 1.807) is 12.5 Å². The Morgan fingerprint density at radius 1 is 0.963 bits per heavy atom. The highest BCUT2D eigenvalue weighted by Crippen LogP contribution is 2.23. The van der Waals surface area contributed by atoms with Gasteiger partial charge in [0.1, 0.15) is 12.1 Å². The number of pyridine rings is 1. The van der Waals surface area contributed by atoms with Crippen LogP contribution in [0.3, 0.4) is 0 Å². The van der Waals surface area contributed by atoms with Crippen LogP contribution in [0, 0.1) is 0 Å². The van der Waals surface area contributed by atoms with Crippen LogP contribution in [0.5, 0.6) is 0 Å². The fourth-order valence-electron chi connectivity index (χ4n) is 3.76. The molecular weight excluding hydrogens is 336 g/mol. The smallest absolute Gasteiger partial charge is 0.251 e. The highest BCUT2D eigenvalue weighted by molar-refractivity contribution is 5.97. The van der Waals surface area contributed by atoms with Crippen molar-refractivity contribution < 1.29 is 4.79 Å². The first-order valence-corrected chi connectivity index (χ1v) is 9.04. The zero-order valence-corrected chi connectivity index (χ0v) is 14.7. The van der Waals surface area contributed by atoms with E-state index in [-0.39, 0.29) is 11.9 Å². The first-order valence-electron chi connectivity index (χ1n) is 9.04. The van der Waals surface area contributed by atoms with E-state index in [0.717, 1.165) is 29.7 Å². The summed E-state index contributed by atoms with van der Waals surface area (Å²) >= 11 is 0. The second kappa shape index (κ2) is 6.36. The van der Waals surface area contributed by atoms with Crippen LogP contribution in [0.25, 0.3) is 16.9 Å². The van der Waals surface area contributed by atoms with Crippen LogP contribution in [0.15, 0.2) is 73.2 Å². The van der Waals surface area contributed by atoms with Crippen LogP contribution in [0.4, 0.5) is 0 Å². The van der Waals surface area contributed by atoms with Gasteiger partial charge in [-0.3, -0.25) is 9.36 Å². The van der Waals surface area contributed by atoms with Crippen molar-refractivity contribution in [2.45, 2.75) is 18.9 Å². The molecule has 0 spiro atoms. The Balaban J connectivity index is 1.41. The van der Waals surface area contributed by atoms with E-state index in [4.69, 9.17) is 0 Å². The summed E-state index contributed by atoms with van der Waals surface area (Å²) in [6.07, 6.45) is 5.25. The van der Waals surface area contributed by atoms with E-state index in [9.17, 15) is 4.79 Å². The fraction of sp³-hybridized carbons (Fsp3) is 0.136. The van der Waals surface area contributed by atoms with Crippen molar-refractivity contribution in [3.05, 3.63) is 89.9 Å². The molecule has 2 aromatic carbocycles. The Labute approximate surface area is 156 Å². The molecule has 132 valence electrons. The average molecular weight is 354 g/mol. The summed E-state index contributed by atoms with van der Waals surface area (Å²) in [6, 6.07) is 19.8. The first-order chi connectivity index (χ1) is 13.3. The number of benzene rings is 2. The Morgan fingerprint density at radius 3 is 2.48 bits per heavy atom. The zero-order valence-electron chi connectivity index (χ0n) is 14.7. The summed E-state index contributed by atoms with van der Waals surface area (Å²) in [7, 11) is 0. The van der Waals surface area contributed by atoms with Gasteiger partial charge in [-0.1, -0.05) is 30.3 Å². The lowest BCUT2D eigenvalue weighted by atomic mass is 10.1. The zero-order chi connectivity index (χ0) is 18.2. The van der Waals surface area contributed by atoms with Crippen LogP contribution >= 0.6 is 0 Å². The summed E-state index contributed by atoms with van der Waals surface area (Å²) in [5.41, 5.74) is 5.00. The first kappa shape index (κ1) is 15.8. The molecule has 0 saturated heterocycles. The molecule has 0 atom stereocenters. The molecule has 1 amide bonds. The van der Waals surface area contributed by atoms with Crippen LogP contribution < -0.4 is 5.32 Å². The molecule has 0 saturated carbocycles. The van der Waals surface area contributed by atoms with Gasteiger partial charge in [0.25, 0.3) is 5.91 Å². The summed E-state index contributed by atoms with van der Waals surface area (Å²) < 4.78 is 1.90. The third-order valence-corrected chi connectivity index (χ3v) is 5.09. The van der Waals surface area contributed by atoms with Gasteiger partial charge >= 0.3 is 0 Å². The van der Waals surface area contributed by atoms with Crippen LogP contribution in [0.1, 0.15) is 21.5 Å². The van der Waals surface area contributed by atoms with Crippen molar-refractivity contribution in [1.82, 2.24) is 19.9 Å². The van der Waals surface area contributed by atoms with Gasteiger partial charge in [0.15, 0.2) is 0 Å². The van der Waals surface area contributed by atoms with Gasteiger partial charge in [-0.05, 0) is 54.3 Å². The highest BCUT2D eigenvalue weighted by atomic mass is 16.1. The van der Waals surface area contributed by atoms with Gasteiger partial charge in [-0.2, -0.15) is 0 Å². The second-order valence-corrected chi connectivity index (χ2v) is 6.85. The SMILES string of the molecule is O=C(NC1Cc2ccccc2C1)c1ccc2ncn(-c3ccccn3)c2c1. The van der Waals surface area contributed by atoms with E-state index in [1.807, 2.05) is 41.0 Å². The highest BCUT2D eigenvalue weighted by Gasteiger charge is 2.23. The third-order valence-electron chi connectivity index (χ3n) is 5.09. The monoisotopic (exact) mass is 354 g/mol. The Kier molecular flexibility index (Phi) is 3.71. The molecule has 5 rings (SSSR count). The number of carbonyl (C=O) groups is 1. The Hall–Kier alpha value is -3.47. The molecule has 0 fully saturated rings. The fourth-order valence-corrected chi connectivity index (χ4v) is 3.76. The number of hydrogen-bond donors (Lipinski definition) is 1. The van der Waals surface area contributed by atoms with Crippen LogP contribution in [-0.2, 0) is 12.8 Å². The molecule has 1 N–H and O–H groups in total. The predicted molar refractivity (Wildman–Crippen MR) is 104 cm³/mol. The Bertz CT molecular complexity index is 1110. The Morgan fingerprint density at radius 2 is 1.74 bits per heavy atom. The number of rotatable bonds is 3. The summed E-state index contributed by atoms with van der Waals surface area (Å²) in [4.78, 5) is 21.6. The van der Waals surface area contributed by atoms with Gasteiger partial charge in [0, 0.05) is 17.8 Å². The number of nitrogens with one attached hydrogen (secondary N) is 1. The van der Waals surface area contributed by atoms with Crippen molar-refractivity contribution in [1.29, 1.82) is 0 Å². The molecule has 5 nitrogen and oxygen atoms in total. The summed E-state index contributed by atoms with van der Waals surface area (Å²) in [5.74, 6) is 0.729. The minimum Gasteiger partial charge on any atom is -0.349 e. The molecule has 1 aliphatic rings. The number of carbonyl (C=O) groups excluding carboxylic acids is 1. The maximum Gasteiger partial charge on any atom is 0.251 e. The molecule has 0 aliphatic heterocycles. The van der Waals surface area contributed by atoms with Gasteiger partial charge in [-0.15, -0.1) is 0 Å². The van der Waals surface area contributed by atoms with Crippen molar-refractivity contribution in [2.75, 3.05) is 0 Å². The van der Waals surface area contributed by atoms with E-state index in [1.165, 1.54) is 11.1 Å². The molecular formula is C22H18N4O. The van der Waals surface area contributed by atoms with E-state index >= 15 is 0 Å². The van der Waals surface area contributed by atoms with Gasteiger partial charge in [0.05, 0.1) is 11.0 Å². The van der Waals surface area contributed by atoms with Crippen LogP contribution in [0.2, 0.25) is 0 Å².